The minimum Gasteiger partial charge on any atom is -0.393 e. The van der Waals surface area contributed by atoms with E-state index >= 15 is 0 Å². The quantitative estimate of drug-likeness (QED) is 0.841. The van der Waals surface area contributed by atoms with Crippen LogP contribution in [-0.2, 0) is 6.54 Å². The first kappa shape index (κ1) is 12.6. The van der Waals surface area contributed by atoms with Crippen LogP contribution in [0.1, 0.15) is 42.7 Å². The highest BCUT2D eigenvalue weighted by Gasteiger charge is 2.19. The Kier molecular flexibility index (Phi) is 4.18. The highest BCUT2D eigenvalue weighted by molar-refractivity contribution is 5.20. The molecule has 4 nitrogen and oxygen atoms in total. The molecule has 17 heavy (non-hydrogen) atoms. The molecule has 0 spiro atoms. The van der Waals surface area contributed by atoms with E-state index in [1.165, 1.54) is 12.0 Å². The van der Waals surface area contributed by atoms with Crippen LogP contribution in [0.3, 0.4) is 0 Å². The second-order valence-corrected chi connectivity index (χ2v) is 5.12. The van der Waals surface area contributed by atoms with E-state index in [1.54, 1.807) is 0 Å². The summed E-state index contributed by atoms with van der Waals surface area (Å²) in [6.07, 6.45) is 4.20. The summed E-state index contributed by atoms with van der Waals surface area (Å²) < 4.78 is 5.12. The summed E-state index contributed by atoms with van der Waals surface area (Å²) in [6.45, 7) is 5.70. The average Bonchev–Trinajstić information content (AvgIpc) is 2.61. The standard InChI is InChI=1S/C13H22N2O2/c1-9-13(10(2)17-15-9)8-14-7-11-4-3-5-12(16)6-11/h11-12,14,16H,3-8H2,1-2H3. The lowest BCUT2D eigenvalue weighted by Gasteiger charge is -2.25. The van der Waals surface area contributed by atoms with Crippen molar-refractivity contribution in [3.05, 3.63) is 17.0 Å². The molecule has 1 heterocycles. The van der Waals surface area contributed by atoms with Gasteiger partial charge in [0, 0.05) is 12.1 Å². The van der Waals surface area contributed by atoms with Crippen molar-refractivity contribution < 1.29 is 9.63 Å². The van der Waals surface area contributed by atoms with Crippen LogP contribution in [0.25, 0.3) is 0 Å². The Morgan fingerprint density at radius 1 is 1.41 bits per heavy atom. The zero-order chi connectivity index (χ0) is 12.3. The third-order valence-electron chi connectivity index (χ3n) is 3.67. The van der Waals surface area contributed by atoms with Crippen molar-refractivity contribution in [2.45, 2.75) is 52.2 Å². The van der Waals surface area contributed by atoms with Gasteiger partial charge in [0.05, 0.1) is 11.8 Å². The minimum atomic E-state index is -0.0883. The van der Waals surface area contributed by atoms with E-state index in [2.05, 4.69) is 10.5 Å². The molecule has 0 aromatic carbocycles. The van der Waals surface area contributed by atoms with Crippen LogP contribution in [0.5, 0.6) is 0 Å². The van der Waals surface area contributed by atoms with Crippen molar-refractivity contribution in [2.75, 3.05) is 6.54 Å². The van der Waals surface area contributed by atoms with Gasteiger partial charge in [-0.05, 0) is 45.6 Å². The van der Waals surface area contributed by atoms with E-state index in [4.69, 9.17) is 4.52 Å². The van der Waals surface area contributed by atoms with Crippen LogP contribution >= 0.6 is 0 Å². The summed E-state index contributed by atoms with van der Waals surface area (Å²) in [5, 5.41) is 17.0. The number of aliphatic hydroxyl groups excluding tert-OH is 1. The monoisotopic (exact) mass is 238 g/mol. The molecule has 1 saturated carbocycles. The van der Waals surface area contributed by atoms with Crippen molar-refractivity contribution in [3.63, 3.8) is 0 Å². The number of aromatic nitrogens is 1. The lowest BCUT2D eigenvalue weighted by Crippen LogP contribution is -2.29. The number of hydrogen-bond donors (Lipinski definition) is 2. The van der Waals surface area contributed by atoms with E-state index in [9.17, 15) is 5.11 Å². The molecule has 1 aromatic heterocycles. The fraction of sp³-hybridized carbons (Fsp3) is 0.769. The molecule has 0 bridgehead atoms. The van der Waals surface area contributed by atoms with E-state index in [0.717, 1.165) is 43.8 Å². The number of aliphatic hydroxyl groups is 1. The molecular weight excluding hydrogens is 216 g/mol. The SMILES string of the molecule is Cc1noc(C)c1CNCC1CCCC(O)C1. The smallest absolute Gasteiger partial charge is 0.138 e. The first-order valence-corrected chi connectivity index (χ1v) is 6.47. The van der Waals surface area contributed by atoms with Crippen molar-refractivity contribution in [1.29, 1.82) is 0 Å². The fourth-order valence-corrected chi connectivity index (χ4v) is 2.60. The Morgan fingerprint density at radius 3 is 2.88 bits per heavy atom. The molecule has 1 aliphatic rings. The summed E-state index contributed by atoms with van der Waals surface area (Å²) >= 11 is 0. The van der Waals surface area contributed by atoms with Gasteiger partial charge in [-0.25, -0.2) is 0 Å². The van der Waals surface area contributed by atoms with Crippen molar-refractivity contribution in [2.24, 2.45) is 5.92 Å². The molecule has 1 aromatic rings. The predicted octanol–water partition coefficient (Wildman–Crippen LogP) is 1.93. The maximum atomic E-state index is 9.60. The molecule has 0 radical (unpaired) electrons. The Balaban J connectivity index is 1.76. The average molecular weight is 238 g/mol. The number of hydrogen-bond acceptors (Lipinski definition) is 4. The van der Waals surface area contributed by atoms with Crippen molar-refractivity contribution in [3.8, 4) is 0 Å². The summed E-state index contributed by atoms with van der Waals surface area (Å²) in [5.41, 5.74) is 2.14. The molecule has 0 amide bonds. The Bertz CT molecular complexity index is 343. The van der Waals surface area contributed by atoms with Crippen molar-refractivity contribution in [1.82, 2.24) is 10.5 Å². The van der Waals surface area contributed by atoms with Gasteiger partial charge in [-0.1, -0.05) is 11.6 Å². The molecule has 0 saturated heterocycles. The Hall–Kier alpha value is -0.870. The molecular formula is C13H22N2O2. The molecule has 4 heteroatoms. The van der Waals surface area contributed by atoms with Gasteiger partial charge in [-0.2, -0.15) is 0 Å². The maximum absolute atomic E-state index is 9.60. The lowest BCUT2D eigenvalue weighted by molar-refractivity contribution is 0.101. The number of nitrogens with zero attached hydrogens (tertiary/aromatic N) is 1. The van der Waals surface area contributed by atoms with Gasteiger partial charge in [0.1, 0.15) is 5.76 Å². The van der Waals surface area contributed by atoms with E-state index in [0.29, 0.717) is 5.92 Å². The van der Waals surface area contributed by atoms with Crippen LogP contribution in [0, 0.1) is 19.8 Å². The zero-order valence-corrected chi connectivity index (χ0v) is 10.7. The molecule has 2 unspecified atom stereocenters. The molecule has 96 valence electrons. The summed E-state index contributed by atoms with van der Waals surface area (Å²) in [4.78, 5) is 0. The van der Waals surface area contributed by atoms with Gasteiger partial charge in [0.2, 0.25) is 0 Å². The van der Waals surface area contributed by atoms with Gasteiger partial charge in [-0.3, -0.25) is 0 Å². The first-order valence-electron chi connectivity index (χ1n) is 6.47. The van der Waals surface area contributed by atoms with Crippen LogP contribution in [0.2, 0.25) is 0 Å². The van der Waals surface area contributed by atoms with Crippen molar-refractivity contribution >= 4 is 0 Å². The molecule has 1 fully saturated rings. The minimum absolute atomic E-state index is 0.0883. The third-order valence-corrected chi connectivity index (χ3v) is 3.67. The molecule has 2 atom stereocenters. The highest BCUT2D eigenvalue weighted by Crippen LogP contribution is 2.23. The van der Waals surface area contributed by atoms with Crippen LogP contribution in [0.15, 0.2) is 4.52 Å². The van der Waals surface area contributed by atoms with Gasteiger partial charge < -0.3 is 14.9 Å². The van der Waals surface area contributed by atoms with E-state index in [-0.39, 0.29) is 6.10 Å². The van der Waals surface area contributed by atoms with E-state index < -0.39 is 0 Å². The Morgan fingerprint density at radius 2 is 2.24 bits per heavy atom. The molecule has 2 rings (SSSR count). The summed E-state index contributed by atoms with van der Waals surface area (Å²) in [6, 6.07) is 0. The van der Waals surface area contributed by atoms with Gasteiger partial charge in [-0.15, -0.1) is 0 Å². The topological polar surface area (TPSA) is 58.3 Å². The highest BCUT2D eigenvalue weighted by atomic mass is 16.5. The summed E-state index contributed by atoms with van der Waals surface area (Å²) in [7, 11) is 0. The fourth-order valence-electron chi connectivity index (χ4n) is 2.60. The van der Waals surface area contributed by atoms with Crippen LogP contribution in [-0.4, -0.2) is 22.9 Å². The number of rotatable bonds is 4. The largest absolute Gasteiger partial charge is 0.393 e. The van der Waals surface area contributed by atoms with Gasteiger partial charge in [0.15, 0.2) is 0 Å². The number of nitrogens with one attached hydrogen (secondary N) is 1. The molecule has 2 N–H and O–H groups in total. The second-order valence-electron chi connectivity index (χ2n) is 5.12. The number of aryl methyl sites for hydroxylation is 2. The lowest BCUT2D eigenvalue weighted by atomic mass is 9.87. The first-order chi connectivity index (χ1) is 8.16. The molecule has 0 aliphatic heterocycles. The van der Waals surface area contributed by atoms with Gasteiger partial charge >= 0.3 is 0 Å². The van der Waals surface area contributed by atoms with E-state index in [1.807, 2.05) is 13.8 Å². The summed E-state index contributed by atoms with van der Waals surface area (Å²) in [5.74, 6) is 1.51. The maximum Gasteiger partial charge on any atom is 0.138 e. The third kappa shape index (κ3) is 3.30. The zero-order valence-electron chi connectivity index (χ0n) is 10.7. The second kappa shape index (κ2) is 5.65. The van der Waals surface area contributed by atoms with Crippen LogP contribution in [0.4, 0.5) is 0 Å². The normalized spacial score (nSPS) is 25.1. The Labute approximate surface area is 102 Å². The molecule has 1 aliphatic carbocycles. The van der Waals surface area contributed by atoms with Crippen LogP contribution < -0.4 is 5.32 Å². The van der Waals surface area contributed by atoms with Gasteiger partial charge in [0.25, 0.3) is 0 Å². The predicted molar refractivity (Wildman–Crippen MR) is 65.6 cm³/mol.